The van der Waals surface area contributed by atoms with Gasteiger partial charge in [0, 0.05) is 18.4 Å². The highest BCUT2D eigenvalue weighted by Gasteiger charge is 2.34. The van der Waals surface area contributed by atoms with Crippen LogP contribution in [0.4, 0.5) is 0 Å². The minimum atomic E-state index is -1.22. The number of amides is 2. The summed E-state index contributed by atoms with van der Waals surface area (Å²) in [5, 5.41) is 14.5. The third-order valence-corrected chi connectivity index (χ3v) is 2.29. The molecule has 0 saturated heterocycles. The zero-order valence-electron chi connectivity index (χ0n) is 10.1. The summed E-state index contributed by atoms with van der Waals surface area (Å²) in [5.74, 6) is -2.29. The van der Waals surface area contributed by atoms with E-state index in [0.717, 1.165) is 0 Å². The molecule has 0 fully saturated rings. The summed E-state index contributed by atoms with van der Waals surface area (Å²) in [5.41, 5.74) is 4.02. The molecule has 0 saturated carbocycles. The summed E-state index contributed by atoms with van der Waals surface area (Å²) in [6, 6.07) is 0. The summed E-state index contributed by atoms with van der Waals surface area (Å²) in [6.07, 6.45) is -1.12. The first kappa shape index (κ1) is 13.9. The quantitative estimate of drug-likeness (QED) is 0.580. The molecule has 1 heterocycles. The Bertz CT molecular complexity index is 416. The lowest BCUT2D eigenvalue weighted by Gasteiger charge is -2.25. The second-order valence-electron chi connectivity index (χ2n) is 4.66. The largest absolute Gasteiger partial charge is 0.477 e. The van der Waals surface area contributed by atoms with Crippen LogP contribution >= 0.6 is 0 Å². The molecule has 4 N–H and O–H groups in total. The van der Waals surface area contributed by atoms with Gasteiger partial charge in [-0.3, -0.25) is 9.59 Å². The molecule has 1 rings (SSSR count). The van der Waals surface area contributed by atoms with Crippen molar-refractivity contribution in [3.05, 3.63) is 0 Å². The van der Waals surface area contributed by atoms with Crippen LogP contribution in [0.25, 0.3) is 0 Å². The number of nitrogens with two attached hydrogens (primary N) is 1. The van der Waals surface area contributed by atoms with Gasteiger partial charge in [0.05, 0.1) is 0 Å². The number of carboxylic acid groups (broad SMARTS) is 1. The maximum absolute atomic E-state index is 11.8. The van der Waals surface area contributed by atoms with Crippen LogP contribution in [0, 0.1) is 0 Å². The lowest BCUT2D eigenvalue weighted by molar-refractivity contribution is -0.133. The van der Waals surface area contributed by atoms with E-state index >= 15 is 0 Å². The van der Waals surface area contributed by atoms with Crippen LogP contribution in [0.2, 0.25) is 0 Å². The van der Waals surface area contributed by atoms with E-state index in [1.165, 1.54) is 0 Å². The topological polar surface area (TPSA) is 131 Å². The van der Waals surface area contributed by atoms with Crippen LogP contribution < -0.4 is 11.1 Å². The van der Waals surface area contributed by atoms with Gasteiger partial charge < -0.3 is 21.0 Å². The lowest BCUT2D eigenvalue weighted by Crippen LogP contribution is -2.49. The SMILES string of the molecule is CC(C)(CC(N)=O)NC(=O)C1CC(C(=O)O)=NO1. The van der Waals surface area contributed by atoms with Crippen molar-refractivity contribution >= 4 is 23.5 Å². The minimum Gasteiger partial charge on any atom is -0.477 e. The van der Waals surface area contributed by atoms with Gasteiger partial charge >= 0.3 is 5.97 Å². The van der Waals surface area contributed by atoms with Crippen LogP contribution in [-0.4, -0.2) is 40.2 Å². The first-order valence-electron chi connectivity index (χ1n) is 5.27. The Morgan fingerprint density at radius 3 is 2.61 bits per heavy atom. The normalized spacial score (nSPS) is 18.8. The summed E-state index contributed by atoms with van der Waals surface area (Å²) in [4.78, 5) is 37.9. The number of rotatable bonds is 5. The first-order valence-corrected chi connectivity index (χ1v) is 5.27. The highest BCUT2D eigenvalue weighted by atomic mass is 16.6. The van der Waals surface area contributed by atoms with Gasteiger partial charge in [0.1, 0.15) is 0 Å². The molecular formula is C10H15N3O5. The minimum absolute atomic E-state index is 0.0297. The van der Waals surface area contributed by atoms with Gasteiger partial charge in [-0.05, 0) is 13.8 Å². The molecule has 0 bridgehead atoms. The van der Waals surface area contributed by atoms with Gasteiger partial charge in [-0.2, -0.15) is 0 Å². The van der Waals surface area contributed by atoms with Gasteiger partial charge in [0.2, 0.25) is 12.0 Å². The average molecular weight is 257 g/mol. The fourth-order valence-corrected chi connectivity index (χ4v) is 1.54. The van der Waals surface area contributed by atoms with E-state index in [2.05, 4.69) is 10.5 Å². The molecule has 0 aromatic heterocycles. The van der Waals surface area contributed by atoms with Gasteiger partial charge in [-0.1, -0.05) is 5.16 Å². The number of nitrogens with zero attached hydrogens (tertiary/aromatic N) is 1. The van der Waals surface area contributed by atoms with Crippen LogP contribution in [0.5, 0.6) is 0 Å². The number of aliphatic carboxylic acids is 1. The van der Waals surface area contributed by atoms with Crippen molar-refractivity contribution in [1.29, 1.82) is 0 Å². The molecule has 0 spiro atoms. The predicted octanol–water partition coefficient (Wildman–Crippen LogP) is -1.01. The van der Waals surface area contributed by atoms with Gasteiger partial charge in [0.25, 0.3) is 5.91 Å². The van der Waals surface area contributed by atoms with E-state index < -0.39 is 29.4 Å². The molecule has 0 aliphatic carbocycles. The zero-order valence-corrected chi connectivity index (χ0v) is 10.1. The Balaban J connectivity index is 2.53. The monoisotopic (exact) mass is 257 g/mol. The van der Waals surface area contributed by atoms with E-state index in [-0.39, 0.29) is 18.6 Å². The molecular weight excluding hydrogens is 242 g/mol. The second kappa shape index (κ2) is 5.03. The number of oxime groups is 1. The first-order chi connectivity index (χ1) is 8.21. The second-order valence-corrected chi connectivity index (χ2v) is 4.66. The Labute approximate surface area is 103 Å². The Kier molecular flexibility index (Phi) is 3.89. The molecule has 8 heteroatoms. The van der Waals surface area contributed by atoms with Crippen molar-refractivity contribution < 1.29 is 24.3 Å². The predicted molar refractivity (Wildman–Crippen MR) is 60.6 cm³/mol. The number of carbonyl (C=O) groups excluding carboxylic acids is 2. The average Bonchev–Trinajstić information content (AvgIpc) is 2.62. The highest BCUT2D eigenvalue weighted by Crippen LogP contribution is 2.14. The van der Waals surface area contributed by atoms with Crippen LogP contribution in [0.3, 0.4) is 0 Å². The van der Waals surface area contributed by atoms with E-state index in [1.807, 2.05) is 0 Å². The molecule has 1 unspecified atom stereocenters. The summed E-state index contributed by atoms with van der Waals surface area (Å²) < 4.78 is 0. The summed E-state index contributed by atoms with van der Waals surface area (Å²) >= 11 is 0. The Morgan fingerprint density at radius 2 is 2.17 bits per heavy atom. The highest BCUT2D eigenvalue weighted by molar-refractivity contribution is 6.36. The van der Waals surface area contributed by atoms with Crippen molar-refractivity contribution in [3.63, 3.8) is 0 Å². The maximum Gasteiger partial charge on any atom is 0.353 e. The molecule has 1 aliphatic rings. The van der Waals surface area contributed by atoms with Gasteiger partial charge in [0.15, 0.2) is 5.71 Å². The third-order valence-electron chi connectivity index (χ3n) is 2.29. The lowest BCUT2D eigenvalue weighted by atomic mass is 9.99. The van der Waals surface area contributed by atoms with Crippen molar-refractivity contribution in [2.45, 2.75) is 38.3 Å². The number of hydrogen-bond acceptors (Lipinski definition) is 5. The number of nitrogens with one attached hydrogen (secondary N) is 1. The molecule has 18 heavy (non-hydrogen) atoms. The molecule has 0 aromatic carbocycles. The van der Waals surface area contributed by atoms with Gasteiger partial charge in [-0.15, -0.1) is 0 Å². The van der Waals surface area contributed by atoms with E-state index in [4.69, 9.17) is 15.7 Å². The number of carboxylic acids is 1. The van der Waals surface area contributed by atoms with Crippen molar-refractivity contribution in [1.82, 2.24) is 5.32 Å². The van der Waals surface area contributed by atoms with Gasteiger partial charge in [-0.25, -0.2) is 4.79 Å². The fourth-order valence-electron chi connectivity index (χ4n) is 1.54. The summed E-state index contributed by atoms with van der Waals surface area (Å²) in [6.45, 7) is 3.26. The van der Waals surface area contributed by atoms with E-state index in [9.17, 15) is 14.4 Å². The number of hydrogen-bond donors (Lipinski definition) is 3. The maximum atomic E-state index is 11.8. The van der Waals surface area contributed by atoms with Crippen LogP contribution in [0.15, 0.2) is 5.16 Å². The molecule has 1 atom stereocenters. The fraction of sp³-hybridized carbons (Fsp3) is 0.600. The van der Waals surface area contributed by atoms with Crippen LogP contribution in [-0.2, 0) is 19.2 Å². The van der Waals surface area contributed by atoms with E-state index in [1.54, 1.807) is 13.8 Å². The molecule has 0 aromatic rings. The smallest absolute Gasteiger partial charge is 0.353 e. The summed E-state index contributed by atoms with van der Waals surface area (Å²) in [7, 11) is 0. The van der Waals surface area contributed by atoms with Crippen molar-refractivity contribution in [2.24, 2.45) is 10.9 Å². The zero-order chi connectivity index (χ0) is 13.9. The third kappa shape index (κ3) is 3.72. The van der Waals surface area contributed by atoms with Crippen molar-refractivity contribution in [2.75, 3.05) is 0 Å². The molecule has 8 nitrogen and oxygen atoms in total. The number of carbonyl (C=O) groups is 3. The molecule has 0 radical (unpaired) electrons. The van der Waals surface area contributed by atoms with E-state index in [0.29, 0.717) is 0 Å². The standard InChI is InChI=1S/C10H15N3O5/c1-10(2,4-7(11)14)12-8(15)6-3-5(9(16)17)13-18-6/h6H,3-4H2,1-2H3,(H2,11,14)(H,12,15)(H,16,17). The molecule has 2 amide bonds. The van der Waals surface area contributed by atoms with Crippen LogP contribution in [0.1, 0.15) is 26.7 Å². The van der Waals surface area contributed by atoms with Crippen molar-refractivity contribution in [3.8, 4) is 0 Å². The Morgan fingerprint density at radius 1 is 1.56 bits per heavy atom. The molecule has 1 aliphatic heterocycles. The molecule has 100 valence electrons. The number of primary amides is 1. The Hall–Kier alpha value is -2.12.